The second-order valence-electron chi connectivity index (χ2n) is 5.50. The van der Waals surface area contributed by atoms with Crippen molar-refractivity contribution in [2.75, 3.05) is 19.6 Å². The van der Waals surface area contributed by atoms with Crippen molar-refractivity contribution in [3.05, 3.63) is 34.4 Å². The third kappa shape index (κ3) is 2.99. The third-order valence-corrected chi connectivity index (χ3v) is 3.81. The summed E-state index contributed by atoms with van der Waals surface area (Å²) in [7, 11) is 0. The fraction of sp³-hybridized carbons (Fsp3) is 0.562. The summed E-state index contributed by atoms with van der Waals surface area (Å²) in [4.78, 5) is 14.7. The standard InChI is InChI=1S/C16H23NO/c1-12-10-13(2)16(14(3)11-12)15(18)6-9-17-7-4-5-8-17/h10-11H,4-9H2,1-3H3. The van der Waals surface area contributed by atoms with Gasteiger partial charge in [0.1, 0.15) is 0 Å². The van der Waals surface area contributed by atoms with Crippen molar-refractivity contribution >= 4 is 5.78 Å². The number of nitrogens with zero attached hydrogens (tertiary/aromatic N) is 1. The van der Waals surface area contributed by atoms with Crippen LogP contribution in [0.5, 0.6) is 0 Å². The number of Topliss-reactive ketones (excluding diaryl/α,β-unsaturated/α-hetero) is 1. The molecular formula is C16H23NO. The highest BCUT2D eigenvalue weighted by molar-refractivity contribution is 5.99. The molecule has 1 aliphatic rings. The highest BCUT2D eigenvalue weighted by Crippen LogP contribution is 2.19. The molecule has 1 fully saturated rings. The molecule has 18 heavy (non-hydrogen) atoms. The van der Waals surface area contributed by atoms with E-state index >= 15 is 0 Å². The molecule has 1 aromatic carbocycles. The molecule has 0 unspecified atom stereocenters. The van der Waals surface area contributed by atoms with Gasteiger partial charge in [0.25, 0.3) is 0 Å². The van der Waals surface area contributed by atoms with E-state index < -0.39 is 0 Å². The molecule has 0 bridgehead atoms. The topological polar surface area (TPSA) is 20.3 Å². The predicted octanol–water partition coefficient (Wildman–Crippen LogP) is 3.28. The summed E-state index contributed by atoms with van der Waals surface area (Å²) in [5.41, 5.74) is 4.43. The van der Waals surface area contributed by atoms with E-state index in [1.807, 2.05) is 13.8 Å². The first-order valence-corrected chi connectivity index (χ1v) is 6.91. The second-order valence-corrected chi connectivity index (χ2v) is 5.50. The van der Waals surface area contributed by atoms with E-state index in [4.69, 9.17) is 0 Å². The minimum absolute atomic E-state index is 0.303. The zero-order valence-corrected chi connectivity index (χ0v) is 11.8. The molecule has 0 atom stereocenters. The lowest BCUT2D eigenvalue weighted by Gasteiger charge is -2.15. The number of ketones is 1. The Hall–Kier alpha value is -1.15. The maximum Gasteiger partial charge on any atom is 0.164 e. The summed E-state index contributed by atoms with van der Waals surface area (Å²) < 4.78 is 0. The van der Waals surface area contributed by atoms with Gasteiger partial charge >= 0.3 is 0 Å². The molecule has 0 aliphatic carbocycles. The van der Waals surface area contributed by atoms with Crippen molar-refractivity contribution in [1.29, 1.82) is 0 Å². The minimum atomic E-state index is 0.303. The summed E-state index contributed by atoms with van der Waals surface area (Å²) in [6.45, 7) is 9.43. The zero-order chi connectivity index (χ0) is 13.1. The van der Waals surface area contributed by atoms with Crippen LogP contribution in [0.4, 0.5) is 0 Å². The van der Waals surface area contributed by atoms with Crippen molar-refractivity contribution in [3.63, 3.8) is 0 Å². The van der Waals surface area contributed by atoms with E-state index in [1.165, 1.54) is 31.5 Å². The van der Waals surface area contributed by atoms with Gasteiger partial charge in [-0.05, 0) is 57.8 Å². The van der Waals surface area contributed by atoms with Crippen LogP contribution < -0.4 is 0 Å². The smallest absolute Gasteiger partial charge is 0.164 e. The van der Waals surface area contributed by atoms with Crippen molar-refractivity contribution in [2.45, 2.75) is 40.0 Å². The van der Waals surface area contributed by atoms with Gasteiger partial charge < -0.3 is 4.90 Å². The largest absolute Gasteiger partial charge is 0.303 e. The zero-order valence-electron chi connectivity index (χ0n) is 11.8. The van der Waals surface area contributed by atoms with Gasteiger partial charge in [0.05, 0.1) is 0 Å². The molecule has 98 valence electrons. The first-order chi connectivity index (χ1) is 8.58. The van der Waals surface area contributed by atoms with Crippen molar-refractivity contribution < 1.29 is 4.79 Å². The van der Waals surface area contributed by atoms with Gasteiger partial charge in [0, 0.05) is 18.5 Å². The molecule has 0 radical (unpaired) electrons. The number of carbonyl (C=O) groups is 1. The van der Waals surface area contributed by atoms with Crippen LogP contribution in [0, 0.1) is 20.8 Å². The monoisotopic (exact) mass is 245 g/mol. The Bertz CT molecular complexity index is 421. The lowest BCUT2D eigenvalue weighted by Crippen LogP contribution is -2.23. The molecule has 0 N–H and O–H groups in total. The van der Waals surface area contributed by atoms with E-state index in [1.54, 1.807) is 0 Å². The molecule has 1 heterocycles. The number of aryl methyl sites for hydroxylation is 3. The Kier molecular flexibility index (Phi) is 4.18. The van der Waals surface area contributed by atoms with Crippen molar-refractivity contribution in [3.8, 4) is 0 Å². The Morgan fingerprint density at radius 2 is 1.67 bits per heavy atom. The average molecular weight is 245 g/mol. The lowest BCUT2D eigenvalue weighted by molar-refractivity contribution is 0.0967. The van der Waals surface area contributed by atoms with E-state index in [9.17, 15) is 4.79 Å². The Morgan fingerprint density at radius 1 is 1.11 bits per heavy atom. The van der Waals surface area contributed by atoms with Crippen LogP contribution in [0.1, 0.15) is 46.3 Å². The highest BCUT2D eigenvalue weighted by atomic mass is 16.1. The summed E-state index contributed by atoms with van der Waals surface area (Å²) in [5.74, 6) is 0.303. The SMILES string of the molecule is Cc1cc(C)c(C(=O)CCN2CCCC2)c(C)c1. The lowest BCUT2D eigenvalue weighted by atomic mass is 9.95. The Morgan fingerprint density at radius 3 is 2.22 bits per heavy atom. The van der Waals surface area contributed by atoms with Gasteiger partial charge in [-0.3, -0.25) is 4.79 Å². The molecule has 1 aliphatic heterocycles. The van der Waals surface area contributed by atoms with Gasteiger partial charge in [-0.2, -0.15) is 0 Å². The number of hydrogen-bond donors (Lipinski definition) is 0. The van der Waals surface area contributed by atoms with E-state index in [0.717, 1.165) is 23.2 Å². The Labute approximate surface area is 110 Å². The average Bonchev–Trinajstić information content (AvgIpc) is 2.77. The molecule has 2 heteroatoms. The van der Waals surface area contributed by atoms with Crippen LogP contribution >= 0.6 is 0 Å². The second kappa shape index (κ2) is 5.66. The maximum atomic E-state index is 12.3. The molecule has 0 spiro atoms. The first-order valence-electron chi connectivity index (χ1n) is 6.91. The number of carbonyl (C=O) groups excluding carboxylic acids is 1. The van der Waals surface area contributed by atoms with Gasteiger partial charge in [-0.25, -0.2) is 0 Å². The molecule has 0 saturated carbocycles. The molecule has 1 aromatic rings. The summed E-state index contributed by atoms with van der Waals surface area (Å²) >= 11 is 0. The molecular weight excluding hydrogens is 222 g/mol. The van der Waals surface area contributed by atoms with Gasteiger partial charge in [0.15, 0.2) is 5.78 Å². The van der Waals surface area contributed by atoms with Crippen LogP contribution in [0.15, 0.2) is 12.1 Å². The third-order valence-electron chi connectivity index (χ3n) is 3.81. The molecule has 1 saturated heterocycles. The van der Waals surface area contributed by atoms with E-state index in [0.29, 0.717) is 12.2 Å². The molecule has 2 rings (SSSR count). The Balaban J connectivity index is 2.04. The van der Waals surface area contributed by atoms with Crippen LogP contribution in [-0.4, -0.2) is 30.3 Å². The summed E-state index contributed by atoms with van der Waals surface area (Å²) in [5, 5.41) is 0. The maximum absolute atomic E-state index is 12.3. The number of likely N-dealkylation sites (tertiary alicyclic amines) is 1. The summed E-state index contributed by atoms with van der Waals surface area (Å²) in [6, 6.07) is 4.21. The minimum Gasteiger partial charge on any atom is -0.303 e. The molecule has 0 amide bonds. The fourth-order valence-corrected chi connectivity index (χ4v) is 3.01. The van der Waals surface area contributed by atoms with Crippen LogP contribution in [0.3, 0.4) is 0 Å². The predicted molar refractivity (Wildman–Crippen MR) is 75.3 cm³/mol. The van der Waals surface area contributed by atoms with Gasteiger partial charge in [0.2, 0.25) is 0 Å². The van der Waals surface area contributed by atoms with Crippen molar-refractivity contribution in [1.82, 2.24) is 4.90 Å². The molecule has 0 aromatic heterocycles. The van der Waals surface area contributed by atoms with Gasteiger partial charge in [-0.1, -0.05) is 17.7 Å². The van der Waals surface area contributed by atoms with Crippen LogP contribution in [0.2, 0.25) is 0 Å². The number of hydrogen-bond acceptors (Lipinski definition) is 2. The number of rotatable bonds is 4. The number of benzene rings is 1. The normalized spacial score (nSPS) is 16.2. The van der Waals surface area contributed by atoms with E-state index in [-0.39, 0.29) is 0 Å². The highest BCUT2D eigenvalue weighted by Gasteiger charge is 2.16. The van der Waals surface area contributed by atoms with E-state index in [2.05, 4.69) is 24.0 Å². The van der Waals surface area contributed by atoms with Crippen LogP contribution in [0.25, 0.3) is 0 Å². The van der Waals surface area contributed by atoms with Gasteiger partial charge in [-0.15, -0.1) is 0 Å². The first kappa shape index (κ1) is 13.3. The van der Waals surface area contributed by atoms with Crippen LogP contribution in [-0.2, 0) is 0 Å². The van der Waals surface area contributed by atoms with Crippen molar-refractivity contribution in [2.24, 2.45) is 0 Å². The quantitative estimate of drug-likeness (QED) is 0.759. The fourth-order valence-electron chi connectivity index (χ4n) is 3.01. The summed E-state index contributed by atoms with van der Waals surface area (Å²) in [6.07, 6.45) is 3.23. The molecule has 2 nitrogen and oxygen atoms in total.